The van der Waals surface area contributed by atoms with E-state index >= 15 is 0 Å². The fourth-order valence-corrected chi connectivity index (χ4v) is 3.47. The summed E-state index contributed by atoms with van der Waals surface area (Å²) in [5, 5.41) is 16.3. The zero-order chi connectivity index (χ0) is 23.4. The molecule has 0 aliphatic heterocycles. The summed E-state index contributed by atoms with van der Waals surface area (Å²) >= 11 is 12.0. The van der Waals surface area contributed by atoms with E-state index in [1.807, 2.05) is 6.07 Å². The van der Waals surface area contributed by atoms with Gasteiger partial charge in [0.1, 0.15) is 6.61 Å². The second kappa shape index (κ2) is 9.93. The van der Waals surface area contributed by atoms with E-state index in [1.54, 1.807) is 55.1 Å². The third-order valence-electron chi connectivity index (χ3n) is 4.69. The number of carbonyl (C=O) groups excluding carboxylic acids is 1. The second-order valence-corrected chi connectivity index (χ2v) is 7.61. The van der Waals surface area contributed by atoms with Crippen LogP contribution in [0.4, 0.5) is 0 Å². The van der Waals surface area contributed by atoms with Crippen LogP contribution in [-0.4, -0.2) is 53.1 Å². The number of aromatic nitrogens is 4. The maximum atomic E-state index is 12.3. The third-order valence-corrected chi connectivity index (χ3v) is 5.26. The lowest BCUT2D eigenvalue weighted by molar-refractivity contribution is 0.0946. The fraction of sp³-hybridized carbons (Fsp3) is 0.182. The molecule has 1 N–H and O–H groups in total. The standard InChI is InChI=1S/C22H19Cl2N5O4/c1-31-17-6-3-13(11-18(17)32-2)21-27-26-19-7-8-20(28-29(19)21)33-10-9-25-22(30)15-12-14(23)4-5-16(15)24/h3-8,11-12H,9-10H2,1-2H3,(H,25,30). The first-order valence-electron chi connectivity index (χ1n) is 9.81. The van der Waals surface area contributed by atoms with E-state index in [0.29, 0.717) is 44.5 Å². The maximum Gasteiger partial charge on any atom is 0.252 e. The Morgan fingerprint density at radius 2 is 1.82 bits per heavy atom. The zero-order valence-corrected chi connectivity index (χ0v) is 19.2. The molecule has 4 aromatic rings. The average molecular weight is 488 g/mol. The van der Waals surface area contributed by atoms with E-state index in [-0.39, 0.29) is 19.1 Å². The van der Waals surface area contributed by atoms with Crippen LogP contribution in [0.1, 0.15) is 10.4 Å². The number of ether oxygens (including phenoxy) is 3. The second-order valence-electron chi connectivity index (χ2n) is 6.76. The molecule has 2 aromatic heterocycles. The van der Waals surface area contributed by atoms with Gasteiger partial charge >= 0.3 is 0 Å². The van der Waals surface area contributed by atoms with E-state index in [4.69, 9.17) is 37.4 Å². The molecule has 0 bridgehead atoms. The first kappa shape index (κ1) is 22.6. The number of hydrogen-bond acceptors (Lipinski definition) is 7. The van der Waals surface area contributed by atoms with Crippen molar-refractivity contribution >= 4 is 34.8 Å². The number of hydrogen-bond donors (Lipinski definition) is 1. The van der Waals surface area contributed by atoms with E-state index in [0.717, 1.165) is 5.56 Å². The number of benzene rings is 2. The zero-order valence-electron chi connectivity index (χ0n) is 17.7. The first-order valence-corrected chi connectivity index (χ1v) is 10.6. The third kappa shape index (κ3) is 4.94. The first-order chi connectivity index (χ1) is 16.0. The van der Waals surface area contributed by atoms with Crippen molar-refractivity contribution in [1.29, 1.82) is 0 Å². The number of nitrogens with zero attached hydrogens (tertiary/aromatic N) is 4. The van der Waals surface area contributed by atoms with Crippen molar-refractivity contribution in [3.63, 3.8) is 0 Å². The monoisotopic (exact) mass is 487 g/mol. The van der Waals surface area contributed by atoms with Crippen molar-refractivity contribution in [2.45, 2.75) is 0 Å². The highest BCUT2D eigenvalue weighted by Crippen LogP contribution is 2.31. The molecule has 0 spiro atoms. The molecular weight excluding hydrogens is 469 g/mol. The molecule has 0 saturated carbocycles. The fourth-order valence-electron chi connectivity index (χ4n) is 3.09. The molecule has 2 heterocycles. The van der Waals surface area contributed by atoms with Crippen LogP contribution >= 0.6 is 23.2 Å². The van der Waals surface area contributed by atoms with Crippen LogP contribution in [0.3, 0.4) is 0 Å². The molecule has 0 aliphatic carbocycles. The van der Waals surface area contributed by atoms with Crippen LogP contribution in [-0.2, 0) is 0 Å². The van der Waals surface area contributed by atoms with E-state index in [1.165, 1.54) is 6.07 Å². The summed E-state index contributed by atoms with van der Waals surface area (Å²) in [5.74, 6) is 1.69. The number of rotatable bonds is 8. The summed E-state index contributed by atoms with van der Waals surface area (Å²) in [5.41, 5.74) is 1.60. The summed E-state index contributed by atoms with van der Waals surface area (Å²) in [6, 6.07) is 13.5. The Bertz CT molecular complexity index is 1310. The normalized spacial score (nSPS) is 10.8. The van der Waals surface area contributed by atoms with Crippen molar-refractivity contribution in [3.05, 3.63) is 64.1 Å². The lowest BCUT2D eigenvalue weighted by Gasteiger charge is -2.10. The van der Waals surface area contributed by atoms with Gasteiger partial charge in [0.05, 0.1) is 31.4 Å². The maximum absolute atomic E-state index is 12.3. The Morgan fingerprint density at radius 3 is 2.61 bits per heavy atom. The molecule has 170 valence electrons. The predicted octanol–water partition coefficient (Wildman–Crippen LogP) is 3.92. The Morgan fingerprint density at radius 1 is 1.00 bits per heavy atom. The summed E-state index contributed by atoms with van der Waals surface area (Å²) in [7, 11) is 3.13. The average Bonchev–Trinajstić information content (AvgIpc) is 3.26. The topological polar surface area (TPSA) is 99.9 Å². The van der Waals surface area contributed by atoms with Crippen molar-refractivity contribution < 1.29 is 19.0 Å². The molecule has 0 aliphatic rings. The van der Waals surface area contributed by atoms with E-state index < -0.39 is 0 Å². The molecular formula is C22H19Cl2N5O4. The van der Waals surface area contributed by atoms with Crippen LogP contribution in [0.25, 0.3) is 17.0 Å². The molecule has 11 heteroatoms. The van der Waals surface area contributed by atoms with Crippen molar-refractivity contribution in [2.24, 2.45) is 0 Å². The van der Waals surface area contributed by atoms with Gasteiger partial charge in [0, 0.05) is 16.7 Å². The number of halogens is 2. The van der Waals surface area contributed by atoms with Crippen molar-refractivity contribution in [1.82, 2.24) is 25.1 Å². The van der Waals surface area contributed by atoms with Crippen molar-refractivity contribution in [3.8, 4) is 28.8 Å². The minimum absolute atomic E-state index is 0.191. The molecule has 0 saturated heterocycles. The molecule has 0 radical (unpaired) electrons. The van der Waals surface area contributed by atoms with Gasteiger partial charge in [-0.1, -0.05) is 23.2 Å². The van der Waals surface area contributed by atoms with Gasteiger partial charge in [-0.3, -0.25) is 4.79 Å². The van der Waals surface area contributed by atoms with E-state index in [2.05, 4.69) is 20.6 Å². The van der Waals surface area contributed by atoms with Crippen LogP contribution in [0.2, 0.25) is 10.0 Å². The van der Waals surface area contributed by atoms with Gasteiger partial charge < -0.3 is 19.5 Å². The number of methoxy groups -OCH3 is 2. The highest BCUT2D eigenvalue weighted by Gasteiger charge is 2.14. The van der Waals surface area contributed by atoms with Crippen LogP contribution < -0.4 is 19.5 Å². The lowest BCUT2D eigenvalue weighted by Crippen LogP contribution is -2.28. The largest absolute Gasteiger partial charge is 0.493 e. The molecule has 4 rings (SSSR count). The van der Waals surface area contributed by atoms with E-state index in [9.17, 15) is 4.79 Å². The summed E-state index contributed by atoms with van der Waals surface area (Å²) in [6.07, 6.45) is 0. The molecule has 0 fully saturated rings. The Labute approximate surface area is 199 Å². The van der Waals surface area contributed by atoms with Crippen LogP contribution in [0.5, 0.6) is 17.4 Å². The molecule has 2 aromatic carbocycles. The minimum atomic E-state index is -0.343. The number of carbonyl (C=O) groups is 1. The highest BCUT2D eigenvalue weighted by atomic mass is 35.5. The van der Waals surface area contributed by atoms with Gasteiger partial charge in [-0.25, -0.2) is 0 Å². The summed E-state index contributed by atoms with van der Waals surface area (Å²) < 4.78 is 17.9. The molecule has 33 heavy (non-hydrogen) atoms. The van der Waals surface area contributed by atoms with Gasteiger partial charge in [-0.05, 0) is 42.5 Å². The molecule has 1 amide bonds. The van der Waals surface area contributed by atoms with Crippen molar-refractivity contribution in [2.75, 3.05) is 27.4 Å². The summed E-state index contributed by atoms with van der Waals surface area (Å²) in [6.45, 7) is 0.433. The van der Waals surface area contributed by atoms with Gasteiger partial charge in [0.15, 0.2) is 23.0 Å². The number of fused-ring (bicyclic) bond motifs is 1. The SMILES string of the molecule is COc1ccc(-c2nnc3ccc(OCCNC(=O)c4cc(Cl)ccc4Cl)nn23)cc1OC. The predicted molar refractivity (Wildman–Crippen MR) is 124 cm³/mol. The Balaban J connectivity index is 1.44. The lowest BCUT2D eigenvalue weighted by atomic mass is 10.2. The smallest absolute Gasteiger partial charge is 0.252 e. The number of nitrogens with one attached hydrogen (secondary N) is 1. The molecule has 9 nitrogen and oxygen atoms in total. The number of amides is 1. The van der Waals surface area contributed by atoms with Gasteiger partial charge in [0.2, 0.25) is 5.88 Å². The van der Waals surface area contributed by atoms with Crippen LogP contribution in [0.15, 0.2) is 48.5 Å². The van der Waals surface area contributed by atoms with Gasteiger partial charge in [-0.15, -0.1) is 15.3 Å². The minimum Gasteiger partial charge on any atom is -0.493 e. The van der Waals surface area contributed by atoms with Gasteiger partial charge in [-0.2, -0.15) is 4.52 Å². The molecule has 0 unspecified atom stereocenters. The highest BCUT2D eigenvalue weighted by molar-refractivity contribution is 6.35. The Kier molecular flexibility index (Phi) is 6.81. The van der Waals surface area contributed by atoms with Crippen LogP contribution in [0, 0.1) is 0 Å². The molecule has 0 atom stereocenters. The van der Waals surface area contributed by atoms with Gasteiger partial charge in [0.25, 0.3) is 5.91 Å². The quantitative estimate of drug-likeness (QED) is 0.375. The summed E-state index contributed by atoms with van der Waals surface area (Å²) in [4.78, 5) is 12.3. The Hall–Kier alpha value is -3.56.